The Balaban J connectivity index is 2.26. The topological polar surface area (TPSA) is 87.3 Å². The molecule has 100 valence electrons. The summed E-state index contributed by atoms with van der Waals surface area (Å²) in [6.07, 6.45) is 5.49. The zero-order chi connectivity index (χ0) is 13.0. The molecule has 1 saturated carbocycles. The van der Waals surface area contributed by atoms with E-state index in [1.165, 1.54) is 18.2 Å². The predicted molar refractivity (Wildman–Crippen MR) is 73.7 cm³/mol. The van der Waals surface area contributed by atoms with Crippen LogP contribution in [0, 0.1) is 0 Å². The Kier molecular flexibility index (Phi) is 4.62. The lowest BCUT2D eigenvalue weighted by molar-refractivity contribution is 0.282. The molecule has 0 radical (unpaired) electrons. The first kappa shape index (κ1) is 13.4. The van der Waals surface area contributed by atoms with Gasteiger partial charge in [0, 0.05) is 18.7 Å². The van der Waals surface area contributed by atoms with Gasteiger partial charge in [-0.15, -0.1) is 0 Å². The number of aromatic nitrogens is 2. The van der Waals surface area contributed by atoms with E-state index in [-0.39, 0.29) is 6.61 Å². The molecular formula is C11H19N5OS. The minimum Gasteiger partial charge on any atom is -0.395 e. The van der Waals surface area contributed by atoms with Crippen LogP contribution < -0.4 is 16.2 Å². The van der Waals surface area contributed by atoms with E-state index in [0.29, 0.717) is 23.6 Å². The smallest absolute Gasteiger partial charge is 0.191 e. The van der Waals surface area contributed by atoms with Crippen molar-refractivity contribution >= 4 is 23.4 Å². The maximum absolute atomic E-state index is 9.19. The van der Waals surface area contributed by atoms with Crippen molar-refractivity contribution in [1.82, 2.24) is 9.97 Å². The monoisotopic (exact) mass is 269 g/mol. The highest BCUT2D eigenvalue weighted by Gasteiger charge is 2.26. The molecule has 1 aliphatic rings. The van der Waals surface area contributed by atoms with Crippen LogP contribution in [0.3, 0.4) is 0 Å². The van der Waals surface area contributed by atoms with Crippen LogP contribution in [-0.2, 0) is 0 Å². The predicted octanol–water partition coefficient (Wildman–Crippen LogP) is 0.835. The second-order valence-electron chi connectivity index (χ2n) is 4.24. The standard InChI is InChI=1S/C11H19N5OS/c1-18-11-13-9(15-12)7-10(14-11)16(5-6-17)8-3-2-4-8/h7-8,17H,2-6,12H2,1H3,(H,13,14,15). The minimum absolute atomic E-state index is 0.125. The highest BCUT2D eigenvalue weighted by atomic mass is 32.2. The molecule has 4 N–H and O–H groups in total. The number of aliphatic hydroxyl groups is 1. The normalized spacial score (nSPS) is 15.3. The van der Waals surface area contributed by atoms with E-state index in [2.05, 4.69) is 20.3 Å². The number of anilines is 2. The maximum atomic E-state index is 9.19. The summed E-state index contributed by atoms with van der Waals surface area (Å²) >= 11 is 1.48. The average molecular weight is 269 g/mol. The van der Waals surface area contributed by atoms with E-state index in [4.69, 9.17) is 5.84 Å². The fourth-order valence-corrected chi connectivity index (χ4v) is 2.39. The molecular weight excluding hydrogens is 250 g/mol. The first-order valence-electron chi connectivity index (χ1n) is 6.05. The second kappa shape index (κ2) is 6.21. The third-order valence-electron chi connectivity index (χ3n) is 3.17. The Labute approximate surface area is 111 Å². The lowest BCUT2D eigenvalue weighted by Crippen LogP contribution is -2.42. The van der Waals surface area contributed by atoms with E-state index in [1.807, 2.05) is 12.3 Å². The van der Waals surface area contributed by atoms with Gasteiger partial charge >= 0.3 is 0 Å². The molecule has 6 nitrogen and oxygen atoms in total. The van der Waals surface area contributed by atoms with Gasteiger partial charge in [0.2, 0.25) is 0 Å². The van der Waals surface area contributed by atoms with Crippen LogP contribution in [0.1, 0.15) is 19.3 Å². The number of hydrazine groups is 1. The fraction of sp³-hybridized carbons (Fsp3) is 0.636. The van der Waals surface area contributed by atoms with Gasteiger partial charge in [-0.3, -0.25) is 0 Å². The molecule has 0 aromatic carbocycles. The molecule has 1 aromatic rings. The Morgan fingerprint density at radius 1 is 1.56 bits per heavy atom. The molecule has 0 saturated heterocycles. The van der Waals surface area contributed by atoms with E-state index in [9.17, 15) is 5.11 Å². The minimum atomic E-state index is 0.125. The van der Waals surface area contributed by atoms with Crippen LogP contribution in [0.4, 0.5) is 11.6 Å². The number of aliphatic hydroxyl groups excluding tert-OH is 1. The molecule has 1 aromatic heterocycles. The number of nitrogen functional groups attached to an aromatic ring is 1. The van der Waals surface area contributed by atoms with Crippen LogP contribution in [0.5, 0.6) is 0 Å². The lowest BCUT2D eigenvalue weighted by Gasteiger charge is -2.38. The van der Waals surface area contributed by atoms with Gasteiger partial charge in [-0.1, -0.05) is 11.8 Å². The van der Waals surface area contributed by atoms with Gasteiger partial charge in [-0.2, -0.15) is 0 Å². The third-order valence-corrected chi connectivity index (χ3v) is 3.72. The van der Waals surface area contributed by atoms with Crippen LogP contribution in [0.15, 0.2) is 11.2 Å². The van der Waals surface area contributed by atoms with Crippen molar-refractivity contribution in [1.29, 1.82) is 0 Å². The van der Waals surface area contributed by atoms with E-state index < -0.39 is 0 Å². The number of thioether (sulfide) groups is 1. The highest BCUT2D eigenvalue weighted by molar-refractivity contribution is 7.98. The summed E-state index contributed by atoms with van der Waals surface area (Å²) in [6.45, 7) is 0.722. The van der Waals surface area contributed by atoms with Crippen molar-refractivity contribution in [2.75, 3.05) is 29.7 Å². The summed E-state index contributed by atoms with van der Waals surface area (Å²) in [7, 11) is 0. The molecule has 1 heterocycles. The van der Waals surface area contributed by atoms with Crippen molar-refractivity contribution in [2.24, 2.45) is 5.84 Å². The van der Waals surface area contributed by atoms with Crippen LogP contribution in [0.2, 0.25) is 0 Å². The Morgan fingerprint density at radius 2 is 2.33 bits per heavy atom. The van der Waals surface area contributed by atoms with Crippen molar-refractivity contribution in [2.45, 2.75) is 30.5 Å². The molecule has 0 spiro atoms. The Bertz CT molecular complexity index is 377. The highest BCUT2D eigenvalue weighted by Crippen LogP contribution is 2.30. The molecule has 7 heteroatoms. The molecule has 0 aliphatic heterocycles. The van der Waals surface area contributed by atoms with Crippen molar-refractivity contribution in [3.05, 3.63) is 6.07 Å². The number of hydrogen-bond acceptors (Lipinski definition) is 7. The Morgan fingerprint density at radius 3 is 2.83 bits per heavy atom. The molecule has 18 heavy (non-hydrogen) atoms. The summed E-state index contributed by atoms with van der Waals surface area (Å²) in [4.78, 5) is 10.9. The van der Waals surface area contributed by atoms with E-state index >= 15 is 0 Å². The number of hydrogen-bond donors (Lipinski definition) is 3. The first-order valence-corrected chi connectivity index (χ1v) is 7.28. The lowest BCUT2D eigenvalue weighted by atomic mass is 9.91. The molecule has 0 unspecified atom stereocenters. The fourth-order valence-electron chi connectivity index (χ4n) is 2.02. The van der Waals surface area contributed by atoms with Crippen LogP contribution in [0.25, 0.3) is 0 Å². The van der Waals surface area contributed by atoms with E-state index in [1.54, 1.807) is 0 Å². The molecule has 0 amide bonds. The molecule has 1 fully saturated rings. The first-order chi connectivity index (χ1) is 8.78. The van der Waals surface area contributed by atoms with Gasteiger partial charge in [0.1, 0.15) is 11.6 Å². The largest absolute Gasteiger partial charge is 0.395 e. The zero-order valence-corrected chi connectivity index (χ0v) is 11.3. The van der Waals surface area contributed by atoms with Gasteiger partial charge in [0.05, 0.1) is 6.61 Å². The number of rotatable bonds is 6. The summed E-state index contributed by atoms with van der Waals surface area (Å²) in [5.41, 5.74) is 2.56. The van der Waals surface area contributed by atoms with E-state index in [0.717, 1.165) is 18.7 Å². The van der Waals surface area contributed by atoms with Gasteiger partial charge in [-0.25, -0.2) is 15.8 Å². The average Bonchev–Trinajstić information content (AvgIpc) is 2.35. The summed E-state index contributed by atoms with van der Waals surface area (Å²) < 4.78 is 0. The zero-order valence-electron chi connectivity index (χ0n) is 10.5. The third kappa shape index (κ3) is 2.85. The van der Waals surface area contributed by atoms with Gasteiger partial charge in [0.15, 0.2) is 5.16 Å². The van der Waals surface area contributed by atoms with Gasteiger partial charge in [-0.05, 0) is 25.5 Å². The van der Waals surface area contributed by atoms with Crippen molar-refractivity contribution in [3.63, 3.8) is 0 Å². The quantitative estimate of drug-likeness (QED) is 0.305. The molecule has 0 atom stereocenters. The Hall–Kier alpha value is -1.05. The SMILES string of the molecule is CSc1nc(NN)cc(N(CCO)C2CCC2)n1. The second-order valence-corrected chi connectivity index (χ2v) is 5.02. The van der Waals surface area contributed by atoms with Crippen molar-refractivity contribution < 1.29 is 5.11 Å². The number of nitrogens with two attached hydrogens (primary N) is 1. The van der Waals surface area contributed by atoms with Gasteiger partial charge in [0.25, 0.3) is 0 Å². The molecule has 1 aliphatic carbocycles. The summed E-state index contributed by atoms with van der Waals surface area (Å²) in [5.74, 6) is 6.86. The summed E-state index contributed by atoms with van der Waals surface area (Å²) in [5, 5.41) is 9.87. The van der Waals surface area contributed by atoms with Gasteiger partial charge < -0.3 is 15.4 Å². The number of nitrogens with zero attached hydrogens (tertiary/aromatic N) is 3. The maximum Gasteiger partial charge on any atom is 0.191 e. The number of nitrogens with one attached hydrogen (secondary N) is 1. The molecule has 2 rings (SSSR count). The van der Waals surface area contributed by atoms with Crippen molar-refractivity contribution in [3.8, 4) is 0 Å². The van der Waals surface area contributed by atoms with Crippen LogP contribution >= 0.6 is 11.8 Å². The molecule has 0 bridgehead atoms. The van der Waals surface area contributed by atoms with Crippen LogP contribution in [-0.4, -0.2) is 40.5 Å². The summed E-state index contributed by atoms with van der Waals surface area (Å²) in [6, 6.07) is 2.31.